The molecule has 0 aliphatic heterocycles. The van der Waals surface area contributed by atoms with Crippen molar-refractivity contribution in [2.45, 2.75) is 26.3 Å². The first kappa shape index (κ1) is 14.6. The fraction of sp³-hybridized carbons (Fsp3) is 0.222. The van der Waals surface area contributed by atoms with E-state index in [4.69, 9.17) is 0 Å². The maximum Gasteiger partial charge on any atom is 0.261 e. The molecule has 1 aliphatic carbocycles. The lowest BCUT2D eigenvalue weighted by atomic mass is 9.98. The van der Waals surface area contributed by atoms with E-state index in [1.54, 1.807) is 23.7 Å². The number of aryl methyl sites for hydroxylation is 3. The second-order valence-corrected chi connectivity index (χ2v) is 8.10. The van der Waals surface area contributed by atoms with E-state index >= 15 is 0 Å². The standard InChI is InChI=1S/C18H16N2OS2/c1-11-7-14-15(22-11)5-4-13-8-16(23-17(13)14)18(21)20-10-12-3-2-6-19-9-12/h2-3,6-9H,4-5,10H2,1H3,(H,20,21). The maximum atomic E-state index is 12.4. The zero-order chi connectivity index (χ0) is 15.8. The molecule has 0 radical (unpaired) electrons. The maximum absolute atomic E-state index is 12.4. The topological polar surface area (TPSA) is 42.0 Å². The Morgan fingerprint density at radius 2 is 2.22 bits per heavy atom. The van der Waals surface area contributed by atoms with Crippen molar-refractivity contribution in [3.8, 4) is 10.4 Å². The van der Waals surface area contributed by atoms with Gasteiger partial charge in [-0.3, -0.25) is 9.78 Å². The van der Waals surface area contributed by atoms with Gasteiger partial charge in [-0.25, -0.2) is 0 Å². The van der Waals surface area contributed by atoms with Gasteiger partial charge in [0.15, 0.2) is 0 Å². The molecule has 0 spiro atoms. The van der Waals surface area contributed by atoms with Crippen molar-refractivity contribution in [2.75, 3.05) is 0 Å². The Balaban J connectivity index is 1.55. The average molecular weight is 340 g/mol. The highest BCUT2D eigenvalue weighted by Crippen LogP contribution is 2.43. The Hall–Kier alpha value is -1.98. The van der Waals surface area contributed by atoms with E-state index < -0.39 is 0 Å². The molecule has 1 aliphatic rings. The third-order valence-electron chi connectivity index (χ3n) is 4.01. The number of carbonyl (C=O) groups excluding carboxylic acids is 1. The Kier molecular flexibility index (Phi) is 3.75. The highest BCUT2D eigenvalue weighted by atomic mass is 32.1. The van der Waals surface area contributed by atoms with Crippen LogP contribution in [0.1, 0.15) is 30.6 Å². The molecule has 3 aromatic rings. The zero-order valence-electron chi connectivity index (χ0n) is 12.8. The third kappa shape index (κ3) is 2.82. The summed E-state index contributed by atoms with van der Waals surface area (Å²) < 4.78 is 0. The van der Waals surface area contributed by atoms with E-state index in [-0.39, 0.29) is 5.91 Å². The number of pyridine rings is 1. The van der Waals surface area contributed by atoms with Crippen LogP contribution in [-0.2, 0) is 19.4 Å². The van der Waals surface area contributed by atoms with Crippen LogP contribution < -0.4 is 5.32 Å². The Labute approximate surface area is 143 Å². The summed E-state index contributed by atoms with van der Waals surface area (Å²) in [6, 6.07) is 8.17. The lowest BCUT2D eigenvalue weighted by Gasteiger charge is -2.10. The van der Waals surface area contributed by atoms with Gasteiger partial charge in [-0.2, -0.15) is 0 Å². The lowest BCUT2D eigenvalue weighted by molar-refractivity contribution is 0.0955. The molecule has 1 N–H and O–H groups in total. The molecule has 0 unspecified atom stereocenters. The van der Waals surface area contributed by atoms with Gasteiger partial charge in [0.2, 0.25) is 0 Å². The number of hydrogen-bond donors (Lipinski definition) is 1. The van der Waals surface area contributed by atoms with Gasteiger partial charge in [0.05, 0.1) is 4.88 Å². The first-order valence-corrected chi connectivity index (χ1v) is 9.23. The summed E-state index contributed by atoms with van der Waals surface area (Å²) in [7, 11) is 0. The number of rotatable bonds is 3. The van der Waals surface area contributed by atoms with Crippen molar-refractivity contribution in [2.24, 2.45) is 0 Å². The number of nitrogens with zero attached hydrogens (tertiary/aromatic N) is 1. The average Bonchev–Trinajstić information content (AvgIpc) is 3.15. The lowest BCUT2D eigenvalue weighted by Crippen LogP contribution is -2.21. The highest BCUT2D eigenvalue weighted by Gasteiger charge is 2.23. The second kappa shape index (κ2) is 5.91. The van der Waals surface area contributed by atoms with Gasteiger partial charge in [0, 0.05) is 39.1 Å². The quantitative estimate of drug-likeness (QED) is 0.776. The summed E-state index contributed by atoms with van der Waals surface area (Å²) in [5.74, 6) is 0.00162. The first-order chi connectivity index (χ1) is 11.2. The van der Waals surface area contributed by atoms with Crippen molar-refractivity contribution in [3.05, 3.63) is 62.4 Å². The zero-order valence-corrected chi connectivity index (χ0v) is 14.4. The molecule has 116 valence electrons. The number of hydrogen-bond acceptors (Lipinski definition) is 4. The van der Waals surface area contributed by atoms with E-state index in [1.165, 1.54) is 25.8 Å². The Morgan fingerprint density at radius 3 is 3.04 bits per heavy atom. The minimum atomic E-state index is 0.00162. The van der Waals surface area contributed by atoms with Crippen molar-refractivity contribution < 1.29 is 4.79 Å². The fourth-order valence-electron chi connectivity index (χ4n) is 2.92. The number of aromatic nitrogens is 1. The normalized spacial score (nSPS) is 12.6. The molecule has 3 heterocycles. The molecular weight excluding hydrogens is 324 g/mol. The molecule has 0 atom stereocenters. The monoisotopic (exact) mass is 340 g/mol. The number of amides is 1. The molecule has 3 aromatic heterocycles. The minimum absolute atomic E-state index is 0.00162. The van der Waals surface area contributed by atoms with E-state index in [0.717, 1.165) is 23.3 Å². The molecule has 0 fully saturated rings. The predicted octanol–water partition coefficient (Wildman–Crippen LogP) is 4.21. The van der Waals surface area contributed by atoms with Gasteiger partial charge in [-0.15, -0.1) is 22.7 Å². The van der Waals surface area contributed by atoms with Crippen molar-refractivity contribution in [1.82, 2.24) is 10.3 Å². The second-order valence-electron chi connectivity index (χ2n) is 5.70. The van der Waals surface area contributed by atoms with Crippen LogP contribution in [0, 0.1) is 6.92 Å². The van der Waals surface area contributed by atoms with Gasteiger partial charge in [0.25, 0.3) is 5.91 Å². The van der Waals surface area contributed by atoms with Gasteiger partial charge in [-0.05, 0) is 49.1 Å². The van der Waals surface area contributed by atoms with E-state index in [1.807, 2.05) is 23.5 Å². The highest BCUT2D eigenvalue weighted by molar-refractivity contribution is 7.18. The van der Waals surface area contributed by atoms with Gasteiger partial charge in [-0.1, -0.05) is 6.07 Å². The van der Waals surface area contributed by atoms with Crippen molar-refractivity contribution in [1.29, 1.82) is 0 Å². The molecule has 3 nitrogen and oxygen atoms in total. The first-order valence-electron chi connectivity index (χ1n) is 7.60. The van der Waals surface area contributed by atoms with Crippen LogP contribution in [0.5, 0.6) is 0 Å². The fourth-order valence-corrected chi connectivity index (χ4v) is 5.19. The summed E-state index contributed by atoms with van der Waals surface area (Å²) in [5, 5.41) is 2.99. The van der Waals surface area contributed by atoms with Crippen molar-refractivity contribution >= 4 is 28.6 Å². The van der Waals surface area contributed by atoms with Crippen molar-refractivity contribution in [3.63, 3.8) is 0 Å². The van der Waals surface area contributed by atoms with Gasteiger partial charge in [0.1, 0.15) is 0 Å². The molecule has 0 aromatic carbocycles. The molecule has 0 saturated heterocycles. The molecule has 5 heteroatoms. The molecule has 1 amide bonds. The van der Waals surface area contributed by atoms with Gasteiger partial charge < -0.3 is 5.32 Å². The summed E-state index contributed by atoms with van der Waals surface area (Å²) in [6.07, 6.45) is 5.64. The van der Waals surface area contributed by atoms with Crippen LogP contribution in [0.2, 0.25) is 0 Å². The Morgan fingerprint density at radius 1 is 1.30 bits per heavy atom. The number of fused-ring (bicyclic) bond motifs is 3. The summed E-state index contributed by atoms with van der Waals surface area (Å²) in [6.45, 7) is 2.66. The predicted molar refractivity (Wildman–Crippen MR) is 95.2 cm³/mol. The van der Waals surface area contributed by atoms with Crippen LogP contribution in [0.4, 0.5) is 0 Å². The van der Waals surface area contributed by atoms with Gasteiger partial charge >= 0.3 is 0 Å². The van der Waals surface area contributed by atoms with Crippen LogP contribution in [0.3, 0.4) is 0 Å². The van der Waals surface area contributed by atoms with Crippen LogP contribution in [0.25, 0.3) is 10.4 Å². The number of thiophene rings is 2. The molecule has 0 bridgehead atoms. The van der Waals surface area contributed by atoms with E-state index in [9.17, 15) is 4.79 Å². The Bertz CT molecular complexity index is 865. The van der Waals surface area contributed by atoms with E-state index in [0.29, 0.717) is 6.54 Å². The summed E-state index contributed by atoms with van der Waals surface area (Å²) >= 11 is 3.49. The van der Waals surface area contributed by atoms with Crippen LogP contribution in [0.15, 0.2) is 36.7 Å². The molecule has 0 saturated carbocycles. The molecule has 23 heavy (non-hydrogen) atoms. The third-order valence-corrected chi connectivity index (χ3v) is 6.33. The smallest absolute Gasteiger partial charge is 0.261 e. The summed E-state index contributed by atoms with van der Waals surface area (Å²) in [5.41, 5.74) is 3.66. The molecular formula is C18H16N2OS2. The minimum Gasteiger partial charge on any atom is -0.347 e. The van der Waals surface area contributed by atoms with Crippen LogP contribution >= 0.6 is 22.7 Å². The van der Waals surface area contributed by atoms with E-state index in [2.05, 4.69) is 29.4 Å². The number of nitrogens with one attached hydrogen (secondary N) is 1. The SMILES string of the molecule is Cc1cc2c(s1)CCc1cc(C(=O)NCc3cccnc3)sc1-2. The largest absolute Gasteiger partial charge is 0.347 e. The van der Waals surface area contributed by atoms with Crippen LogP contribution in [-0.4, -0.2) is 10.9 Å². The summed E-state index contributed by atoms with van der Waals surface area (Å²) in [4.78, 5) is 21.4. The molecule has 4 rings (SSSR count). The number of carbonyl (C=O) groups is 1.